The number of hydrogen-bond donors (Lipinski definition) is 1. The maximum Gasteiger partial charge on any atom is 0.227 e. The maximum absolute atomic E-state index is 12.1. The van der Waals surface area contributed by atoms with Crippen LogP contribution in [0, 0.1) is 5.92 Å². The van der Waals surface area contributed by atoms with Crippen molar-refractivity contribution >= 4 is 39.5 Å². The van der Waals surface area contributed by atoms with Gasteiger partial charge in [-0.15, -0.1) is 0 Å². The Hall–Kier alpha value is -1.89. The van der Waals surface area contributed by atoms with Crippen LogP contribution in [0.3, 0.4) is 0 Å². The van der Waals surface area contributed by atoms with E-state index in [4.69, 9.17) is 0 Å². The molecule has 1 saturated heterocycles. The van der Waals surface area contributed by atoms with Gasteiger partial charge in [-0.05, 0) is 12.0 Å². The molecule has 20 heavy (non-hydrogen) atoms. The SMILES string of the molecule is CC(=O)SCC1CC(=O)N(c2cnc3[nH]ncc3c2)C1. The minimum absolute atomic E-state index is 0.0868. The number of rotatable bonds is 3. The van der Waals surface area contributed by atoms with Crippen LogP contribution in [0.4, 0.5) is 5.69 Å². The second-order valence-electron chi connectivity index (χ2n) is 4.88. The molecule has 0 aromatic carbocycles. The van der Waals surface area contributed by atoms with E-state index in [1.165, 1.54) is 11.8 Å². The van der Waals surface area contributed by atoms with Gasteiger partial charge in [0.25, 0.3) is 0 Å². The van der Waals surface area contributed by atoms with E-state index in [-0.39, 0.29) is 16.9 Å². The van der Waals surface area contributed by atoms with Gasteiger partial charge in [-0.1, -0.05) is 11.8 Å². The highest BCUT2D eigenvalue weighted by Crippen LogP contribution is 2.28. The number of aromatic nitrogens is 3. The number of nitrogens with one attached hydrogen (secondary N) is 1. The average molecular weight is 290 g/mol. The first-order chi connectivity index (χ1) is 9.63. The predicted molar refractivity (Wildman–Crippen MR) is 77.5 cm³/mol. The van der Waals surface area contributed by atoms with Gasteiger partial charge in [-0.25, -0.2) is 4.98 Å². The van der Waals surface area contributed by atoms with E-state index in [2.05, 4.69) is 15.2 Å². The molecule has 1 aliphatic rings. The van der Waals surface area contributed by atoms with Gasteiger partial charge in [0.15, 0.2) is 10.8 Å². The molecular weight excluding hydrogens is 276 g/mol. The molecule has 2 aromatic rings. The third kappa shape index (κ3) is 2.53. The Balaban J connectivity index is 1.76. The van der Waals surface area contributed by atoms with Gasteiger partial charge in [-0.2, -0.15) is 5.10 Å². The van der Waals surface area contributed by atoms with E-state index in [0.29, 0.717) is 24.4 Å². The number of amides is 1. The van der Waals surface area contributed by atoms with Gasteiger partial charge < -0.3 is 4.90 Å². The standard InChI is InChI=1S/C13H14N4O2S/c1-8(18)20-7-9-2-12(19)17(6-9)11-3-10-4-15-16-13(10)14-5-11/h3-5,9H,2,6-7H2,1H3,(H,14,15,16). The molecule has 1 N–H and O–H groups in total. The molecule has 1 atom stereocenters. The fourth-order valence-corrected chi connectivity index (χ4v) is 3.04. The van der Waals surface area contributed by atoms with Crippen LogP contribution in [0.1, 0.15) is 13.3 Å². The van der Waals surface area contributed by atoms with E-state index >= 15 is 0 Å². The van der Waals surface area contributed by atoms with Crippen LogP contribution in [-0.2, 0) is 9.59 Å². The number of carbonyl (C=O) groups is 2. The van der Waals surface area contributed by atoms with Crippen molar-refractivity contribution in [2.45, 2.75) is 13.3 Å². The van der Waals surface area contributed by atoms with Crippen LogP contribution in [0.25, 0.3) is 11.0 Å². The van der Waals surface area contributed by atoms with E-state index in [1.54, 1.807) is 24.2 Å². The van der Waals surface area contributed by atoms with Crippen LogP contribution in [-0.4, -0.2) is 38.5 Å². The molecule has 1 amide bonds. The lowest BCUT2D eigenvalue weighted by molar-refractivity contribution is -0.117. The molecular formula is C13H14N4O2S. The second kappa shape index (κ2) is 5.24. The zero-order chi connectivity index (χ0) is 14.1. The van der Waals surface area contributed by atoms with Crippen LogP contribution >= 0.6 is 11.8 Å². The summed E-state index contributed by atoms with van der Waals surface area (Å²) in [6, 6.07) is 1.91. The first-order valence-electron chi connectivity index (χ1n) is 6.36. The number of carbonyl (C=O) groups excluding carboxylic acids is 2. The zero-order valence-electron chi connectivity index (χ0n) is 11.0. The summed E-state index contributed by atoms with van der Waals surface area (Å²) >= 11 is 1.28. The minimum atomic E-state index is 0.0868. The number of hydrogen-bond acceptors (Lipinski definition) is 5. The zero-order valence-corrected chi connectivity index (χ0v) is 11.8. The largest absolute Gasteiger partial charge is 0.311 e. The van der Waals surface area contributed by atoms with Gasteiger partial charge in [-0.3, -0.25) is 14.7 Å². The Morgan fingerprint density at radius 3 is 3.20 bits per heavy atom. The van der Waals surface area contributed by atoms with Crippen LogP contribution in [0.2, 0.25) is 0 Å². The van der Waals surface area contributed by atoms with Crippen molar-refractivity contribution in [1.82, 2.24) is 15.2 Å². The van der Waals surface area contributed by atoms with Crippen molar-refractivity contribution in [1.29, 1.82) is 0 Å². The molecule has 0 saturated carbocycles. The second-order valence-corrected chi connectivity index (χ2v) is 6.08. The molecule has 0 aliphatic carbocycles. The predicted octanol–water partition coefficient (Wildman–Crippen LogP) is 1.59. The molecule has 7 heteroatoms. The molecule has 3 rings (SSSR count). The summed E-state index contributed by atoms with van der Waals surface area (Å²) in [6.07, 6.45) is 3.86. The molecule has 0 radical (unpaired) electrons. The smallest absolute Gasteiger partial charge is 0.227 e. The number of aromatic amines is 1. The van der Waals surface area contributed by atoms with Gasteiger partial charge in [0.2, 0.25) is 5.91 Å². The summed E-state index contributed by atoms with van der Waals surface area (Å²) in [5.74, 6) is 0.999. The van der Waals surface area contributed by atoms with Crippen molar-refractivity contribution in [3.8, 4) is 0 Å². The monoisotopic (exact) mass is 290 g/mol. The Bertz CT molecular complexity index is 669. The van der Waals surface area contributed by atoms with Gasteiger partial charge in [0.05, 0.1) is 18.1 Å². The fraction of sp³-hybridized carbons (Fsp3) is 0.385. The third-order valence-electron chi connectivity index (χ3n) is 3.32. The van der Waals surface area contributed by atoms with E-state index in [0.717, 1.165) is 11.1 Å². The lowest BCUT2D eigenvalue weighted by Crippen LogP contribution is -2.24. The van der Waals surface area contributed by atoms with Crippen molar-refractivity contribution in [2.75, 3.05) is 17.2 Å². The van der Waals surface area contributed by atoms with Crippen molar-refractivity contribution < 1.29 is 9.59 Å². The maximum atomic E-state index is 12.1. The van der Waals surface area contributed by atoms with Gasteiger partial charge >= 0.3 is 0 Å². The molecule has 6 nitrogen and oxygen atoms in total. The summed E-state index contributed by atoms with van der Waals surface area (Å²) in [5, 5.41) is 7.69. The first kappa shape index (κ1) is 13.1. The number of anilines is 1. The summed E-state index contributed by atoms with van der Waals surface area (Å²) in [4.78, 5) is 29.1. The summed E-state index contributed by atoms with van der Waals surface area (Å²) in [5.41, 5.74) is 1.50. The summed E-state index contributed by atoms with van der Waals surface area (Å²) in [6.45, 7) is 2.19. The Morgan fingerprint density at radius 1 is 1.55 bits per heavy atom. The molecule has 104 valence electrons. The lowest BCUT2D eigenvalue weighted by atomic mass is 10.1. The Kier molecular flexibility index (Phi) is 3.43. The van der Waals surface area contributed by atoms with E-state index in [9.17, 15) is 9.59 Å². The van der Waals surface area contributed by atoms with Crippen molar-refractivity contribution in [3.05, 3.63) is 18.5 Å². The number of thioether (sulfide) groups is 1. The number of pyridine rings is 1. The Labute approximate surface area is 119 Å². The van der Waals surface area contributed by atoms with Gasteiger partial charge in [0, 0.05) is 31.0 Å². The lowest BCUT2D eigenvalue weighted by Gasteiger charge is -2.16. The van der Waals surface area contributed by atoms with Gasteiger partial charge in [0.1, 0.15) is 0 Å². The minimum Gasteiger partial charge on any atom is -0.311 e. The topological polar surface area (TPSA) is 79.0 Å². The molecule has 2 aromatic heterocycles. The molecule has 1 aliphatic heterocycles. The number of fused-ring (bicyclic) bond motifs is 1. The third-order valence-corrected chi connectivity index (χ3v) is 4.36. The number of nitrogens with zero attached hydrogens (tertiary/aromatic N) is 3. The van der Waals surface area contributed by atoms with Crippen LogP contribution in [0.5, 0.6) is 0 Å². The molecule has 0 bridgehead atoms. The van der Waals surface area contributed by atoms with Crippen LogP contribution in [0.15, 0.2) is 18.5 Å². The fourth-order valence-electron chi connectivity index (χ4n) is 2.35. The summed E-state index contributed by atoms with van der Waals surface area (Å²) in [7, 11) is 0. The Morgan fingerprint density at radius 2 is 2.40 bits per heavy atom. The average Bonchev–Trinajstić information content (AvgIpc) is 3.01. The highest BCUT2D eigenvalue weighted by Gasteiger charge is 2.31. The molecule has 1 fully saturated rings. The van der Waals surface area contributed by atoms with E-state index in [1.807, 2.05) is 6.07 Å². The van der Waals surface area contributed by atoms with Crippen LogP contribution < -0.4 is 4.90 Å². The highest BCUT2D eigenvalue weighted by atomic mass is 32.2. The summed E-state index contributed by atoms with van der Waals surface area (Å²) < 4.78 is 0. The molecule has 0 spiro atoms. The number of H-pyrrole nitrogens is 1. The van der Waals surface area contributed by atoms with Crippen molar-refractivity contribution in [3.63, 3.8) is 0 Å². The molecule has 1 unspecified atom stereocenters. The normalized spacial score (nSPS) is 18.9. The molecule has 3 heterocycles. The quantitative estimate of drug-likeness (QED) is 0.928. The van der Waals surface area contributed by atoms with E-state index < -0.39 is 0 Å². The highest BCUT2D eigenvalue weighted by molar-refractivity contribution is 8.13. The first-order valence-corrected chi connectivity index (χ1v) is 7.35. The van der Waals surface area contributed by atoms with Crippen molar-refractivity contribution in [2.24, 2.45) is 5.92 Å².